The maximum atomic E-state index is 13.8. The highest BCUT2D eigenvalue weighted by Crippen LogP contribution is 2.47. The summed E-state index contributed by atoms with van der Waals surface area (Å²) in [6.07, 6.45) is 2.98. The van der Waals surface area contributed by atoms with Crippen LogP contribution >= 0.6 is 15.9 Å². The van der Waals surface area contributed by atoms with Gasteiger partial charge in [0, 0.05) is 22.9 Å². The first-order valence-electron chi connectivity index (χ1n) is 6.86. The summed E-state index contributed by atoms with van der Waals surface area (Å²) < 4.78 is 14.7. The normalized spacial score (nSPS) is 16.1. The predicted octanol–water partition coefficient (Wildman–Crippen LogP) is 4.17. The van der Waals surface area contributed by atoms with Gasteiger partial charge in [-0.1, -0.05) is 40.2 Å². The Morgan fingerprint density at radius 3 is 2.40 bits per heavy atom. The Kier molecular flexibility index (Phi) is 3.65. The van der Waals surface area contributed by atoms with Crippen LogP contribution in [0.4, 0.5) is 4.39 Å². The van der Waals surface area contributed by atoms with Gasteiger partial charge in [0.2, 0.25) is 0 Å². The minimum atomic E-state index is -0.155. The average molecular weight is 334 g/mol. The molecule has 104 valence electrons. The third-order valence-electron chi connectivity index (χ3n) is 4.21. The van der Waals surface area contributed by atoms with Gasteiger partial charge < -0.3 is 5.73 Å². The molecule has 0 atom stereocenters. The first-order valence-corrected chi connectivity index (χ1v) is 7.66. The lowest BCUT2D eigenvalue weighted by Crippen LogP contribution is -2.19. The minimum Gasteiger partial charge on any atom is -0.330 e. The van der Waals surface area contributed by atoms with Crippen molar-refractivity contribution >= 4 is 15.9 Å². The first-order chi connectivity index (χ1) is 9.63. The van der Waals surface area contributed by atoms with E-state index in [-0.39, 0.29) is 11.2 Å². The molecule has 0 bridgehead atoms. The van der Waals surface area contributed by atoms with Crippen LogP contribution in [-0.2, 0) is 11.8 Å². The Hall–Kier alpha value is -1.19. The number of hydrogen-bond donors (Lipinski definition) is 1. The molecule has 3 heteroatoms. The number of rotatable bonds is 4. The van der Waals surface area contributed by atoms with E-state index in [4.69, 9.17) is 5.73 Å². The molecule has 2 aromatic rings. The highest BCUT2D eigenvalue weighted by Gasteiger charge is 2.42. The van der Waals surface area contributed by atoms with Gasteiger partial charge in [0.15, 0.2) is 0 Å². The Morgan fingerprint density at radius 2 is 1.80 bits per heavy atom. The highest BCUT2D eigenvalue weighted by molar-refractivity contribution is 9.10. The van der Waals surface area contributed by atoms with Crippen LogP contribution in [0.25, 0.3) is 0 Å². The zero-order valence-corrected chi connectivity index (χ0v) is 12.8. The SMILES string of the molecule is NCC1(c2ccc(Cc3cc(Br)ccc3F)cc2)CC1. The van der Waals surface area contributed by atoms with Crippen LogP contribution in [0.15, 0.2) is 46.9 Å². The van der Waals surface area contributed by atoms with Crippen LogP contribution in [0.5, 0.6) is 0 Å². The minimum absolute atomic E-state index is 0.155. The van der Waals surface area contributed by atoms with Crippen molar-refractivity contribution in [2.24, 2.45) is 5.73 Å². The summed E-state index contributed by atoms with van der Waals surface area (Å²) in [5, 5.41) is 0. The molecule has 0 heterocycles. The van der Waals surface area contributed by atoms with Crippen molar-refractivity contribution in [1.82, 2.24) is 0 Å². The van der Waals surface area contributed by atoms with E-state index >= 15 is 0 Å². The zero-order chi connectivity index (χ0) is 14.2. The zero-order valence-electron chi connectivity index (χ0n) is 11.2. The van der Waals surface area contributed by atoms with Gasteiger partial charge in [0.1, 0.15) is 5.82 Å². The second-order valence-corrected chi connectivity index (χ2v) is 6.51. The van der Waals surface area contributed by atoms with Gasteiger partial charge in [-0.25, -0.2) is 4.39 Å². The summed E-state index contributed by atoms with van der Waals surface area (Å²) >= 11 is 3.38. The molecule has 1 saturated carbocycles. The standard InChI is InChI=1S/C17H17BrFN/c18-15-5-6-16(19)13(10-15)9-12-1-3-14(4-2-12)17(11-20)7-8-17/h1-6,10H,7-9,11,20H2. The van der Waals surface area contributed by atoms with Crippen molar-refractivity contribution in [2.75, 3.05) is 6.54 Å². The van der Waals surface area contributed by atoms with Gasteiger partial charge in [-0.2, -0.15) is 0 Å². The van der Waals surface area contributed by atoms with E-state index in [2.05, 4.69) is 40.2 Å². The molecule has 1 fully saturated rings. The van der Waals surface area contributed by atoms with E-state index in [0.717, 1.165) is 10.0 Å². The van der Waals surface area contributed by atoms with Gasteiger partial charge in [-0.05, 0) is 47.7 Å². The van der Waals surface area contributed by atoms with Crippen LogP contribution in [0.1, 0.15) is 29.5 Å². The molecule has 0 amide bonds. The fraction of sp³-hybridized carbons (Fsp3) is 0.294. The number of benzene rings is 2. The van der Waals surface area contributed by atoms with Crippen molar-refractivity contribution in [1.29, 1.82) is 0 Å². The molecule has 0 aliphatic heterocycles. The molecule has 0 aromatic heterocycles. The molecule has 0 unspecified atom stereocenters. The van der Waals surface area contributed by atoms with Gasteiger partial charge in [-0.3, -0.25) is 0 Å². The topological polar surface area (TPSA) is 26.0 Å². The molecule has 1 aliphatic carbocycles. The van der Waals surface area contributed by atoms with E-state index in [0.29, 0.717) is 18.5 Å². The number of hydrogen-bond acceptors (Lipinski definition) is 1. The van der Waals surface area contributed by atoms with Crippen LogP contribution < -0.4 is 5.73 Å². The maximum absolute atomic E-state index is 13.8. The molecule has 0 saturated heterocycles. The number of nitrogens with two attached hydrogens (primary N) is 1. The van der Waals surface area contributed by atoms with E-state index in [1.165, 1.54) is 24.5 Å². The van der Waals surface area contributed by atoms with Gasteiger partial charge in [-0.15, -0.1) is 0 Å². The smallest absolute Gasteiger partial charge is 0.126 e. The summed E-state index contributed by atoms with van der Waals surface area (Å²) in [4.78, 5) is 0. The molecule has 2 aromatic carbocycles. The van der Waals surface area contributed by atoms with E-state index < -0.39 is 0 Å². The lowest BCUT2D eigenvalue weighted by Gasteiger charge is -2.13. The molecule has 2 N–H and O–H groups in total. The van der Waals surface area contributed by atoms with Crippen molar-refractivity contribution in [2.45, 2.75) is 24.7 Å². The van der Waals surface area contributed by atoms with Gasteiger partial charge in [0.05, 0.1) is 0 Å². The lowest BCUT2D eigenvalue weighted by atomic mass is 9.94. The van der Waals surface area contributed by atoms with Crippen molar-refractivity contribution < 1.29 is 4.39 Å². The quantitative estimate of drug-likeness (QED) is 0.892. The summed E-state index contributed by atoms with van der Waals surface area (Å²) in [6, 6.07) is 13.5. The molecule has 1 nitrogen and oxygen atoms in total. The Balaban J connectivity index is 1.80. The van der Waals surface area contributed by atoms with Crippen LogP contribution in [0.3, 0.4) is 0 Å². The maximum Gasteiger partial charge on any atom is 0.126 e. The van der Waals surface area contributed by atoms with Crippen molar-refractivity contribution in [3.05, 3.63) is 69.4 Å². The average Bonchev–Trinajstić information content (AvgIpc) is 3.25. The summed E-state index contributed by atoms with van der Waals surface area (Å²) in [6.45, 7) is 0.715. The van der Waals surface area contributed by atoms with Crippen LogP contribution in [0, 0.1) is 5.82 Å². The largest absolute Gasteiger partial charge is 0.330 e. The molecule has 0 radical (unpaired) electrons. The van der Waals surface area contributed by atoms with E-state index in [9.17, 15) is 4.39 Å². The van der Waals surface area contributed by atoms with E-state index in [1.54, 1.807) is 6.07 Å². The van der Waals surface area contributed by atoms with Crippen molar-refractivity contribution in [3.8, 4) is 0 Å². The Bertz CT molecular complexity index is 617. The van der Waals surface area contributed by atoms with Crippen molar-refractivity contribution in [3.63, 3.8) is 0 Å². The molecule has 20 heavy (non-hydrogen) atoms. The Labute approximate surface area is 127 Å². The van der Waals surface area contributed by atoms with Crippen LogP contribution in [0.2, 0.25) is 0 Å². The number of halogens is 2. The second kappa shape index (κ2) is 5.30. The van der Waals surface area contributed by atoms with Gasteiger partial charge in [0.25, 0.3) is 0 Å². The molecular weight excluding hydrogens is 317 g/mol. The van der Waals surface area contributed by atoms with E-state index in [1.807, 2.05) is 6.07 Å². The second-order valence-electron chi connectivity index (χ2n) is 5.59. The van der Waals surface area contributed by atoms with Gasteiger partial charge >= 0.3 is 0 Å². The first kappa shape index (κ1) is 13.8. The molecular formula is C17H17BrFN. The predicted molar refractivity (Wildman–Crippen MR) is 83.3 cm³/mol. The highest BCUT2D eigenvalue weighted by atomic mass is 79.9. The third kappa shape index (κ3) is 2.65. The Morgan fingerprint density at radius 1 is 1.10 bits per heavy atom. The third-order valence-corrected chi connectivity index (χ3v) is 4.71. The molecule has 1 aliphatic rings. The fourth-order valence-electron chi connectivity index (χ4n) is 2.64. The summed E-state index contributed by atoms with van der Waals surface area (Å²) in [5.41, 5.74) is 9.22. The monoisotopic (exact) mass is 333 g/mol. The van der Waals surface area contributed by atoms with Crippen LogP contribution in [-0.4, -0.2) is 6.54 Å². The molecule has 0 spiro atoms. The molecule has 3 rings (SSSR count). The lowest BCUT2D eigenvalue weighted by molar-refractivity contribution is 0.613. The summed E-state index contributed by atoms with van der Waals surface area (Å²) in [5.74, 6) is -0.155. The summed E-state index contributed by atoms with van der Waals surface area (Å²) in [7, 11) is 0. The fourth-order valence-corrected chi connectivity index (χ4v) is 3.04.